The smallest absolute Gasteiger partial charge is 0.340 e. The molecule has 160 valence electrons. The van der Waals surface area contributed by atoms with Crippen LogP contribution in [0.5, 0.6) is 0 Å². The molecule has 3 rings (SSSR count). The summed E-state index contributed by atoms with van der Waals surface area (Å²) >= 11 is 5.70. The quantitative estimate of drug-likeness (QED) is 0.356. The summed E-state index contributed by atoms with van der Waals surface area (Å²) < 4.78 is 15.1. The van der Waals surface area contributed by atoms with E-state index < -0.39 is 42.8 Å². The highest BCUT2D eigenvalue weighted by atomic mass is 35.5. The lowest BCUT2D eigenvalue weighted by Gasteiger charge is -2.30. The molecule has 3 N–H and O–H groups in total. The van der Waals surface area contributed by atoms with Crippen molar-refractivity contribution >= 4 is 23.5 Å². The van der Waals surface area contributed by atoms with E-state index in [1.54, 1.807) is 24.3 Å². The van der Waals surface area contributed by atoms with Gasteiger partial charge in [-0.15, -0.1) is 11.6 Å². The van der Waals surface area contributed by atoms with Crippen LogP contribution in [0.25, 0.3) is 0 Å². The number of rotatable bonds is 6. The minimum Gasteiger partial charge on any atom is -0.429 e. The Balaban J connectivity index is 1.71. The number of esters is 2. The maximum absolute atomic E-state index is 12.4. The molecule has 1 aliphatic rings. The van der Waals surface area contributed by atoms with Crippen molar-refractivity contribution in [3.05, 3.63) is 70.8 Å². The fraction of sp³-hybridized carbons (Fsp3) is 0.333. The number of hydrogen-bond donors (Lipinski definition) is 3. The van der Waals surface area contributed by atoms with Gasteiger partial charge in [0.2, 0.25) is 12.1 Å². The molecule has 0 amide bonds. The molecular formula is C21H21ClO8. The predicted octanol–water partition coefficient (Wildman–Crippen LogP) is 1.86. The number of aliphatic hydroxyl groups excluding tert-OH is 2. The summed E-state index contributed by atoms with van der Waals surface area (Å²) in [5.74, 6) is -3.94. The topological polar surface area (TPSA) is 123 Å². The number of carbonyl (C=O) groups excluding carboxylic acids is 2. The van der Waals surface area contributed by atoms with Crippen LogP contribution in [0.3, 0.4) is 0 Å². The Hall–Kier alpha value is -2.49. The van der Waals surface area contributed by atoms with Crippen molar-refractivity contribution in [1.82, 2.24) is 0 Å². The largest absolute Gasteiger partial charge is 0.429 e. The first-order chi connectivity index (χ1) is 14.2. The van der Waals surface area contributed by atoms with Gasteiger partial charge >= 0.3 is 11.9 Å². The summed E-state index contributed by atoms with van der Waals surface area (Å²) in [5.41, 5.74) is 1.99. The number of halogens is 1. The standard InChI is InChI=1S/C21H21ClO8/c1-12-2-6-15(7-3-12)19(25)30-21(27)10-16(23)28-17(21)20(26)29-18(24)14-8-4-13(11-22)5-9-14/h2-9,16-17,20,23,26-27H,10-11H2,1H3/t16?,17-,20?,21-/m1/s1. The van der Waals surface area contributed by atoms with Gasteiger partial charge in [-0.05, 0) is 36.8 Å². The Kier molecular flexibility index (Phi) is 6.74. The van der Waals surface area contributed by atoms with Crippen molar-refractivity contribution in [2.24, 2.45) is 0 Å². The van der Waals surface area contributed by atoms with Gasteiger partial charge in [-0.2, -0.15) is 0 Å². The van der Waals surface area contributed by atoms with Gasteiger partial charge < -0.3 is 29.5 Å². The third-order valence-electron chi connectivity index (χ3n) is 4.60. The third kappa shape index (κ3) is 4.97. The molecule has 0 saturated carbocycles. The van der Waals surface area contributed by atoms with Crippen LogP contribution in [0.15, 0.2) is 48.5 Å². The lowest BCUT2D eigenvalue weighted by Crippen LogP contribution is -2.50. The van der Waals surface area contributed by atoms with Crippen LogP contribution in [-0.2, 0) is 20.1 Å². The normalized spacial score (nSPS) is 24.3. The minimum absolute atomic E-state index is 0.127. The van der Waals surface area contributed by atoms with Crippen LogP contribution < -0.4 is 0 Å². The Morgan fingerprint density at radius 2 is 1.70 bits per heavy atom. The molecule has 1 heterocycles. The van der Waals surface area contributed by atoms with E-state index in [1.807, 2.05) is 6.92 Å². The summed E-state index contributed by atoms with van der Waals surface area (Å²) in [6, 6.07) is 12.5. The second-order valence-corrected chi connectivity index (χ2v) is 7.21. The van der Waals surface area contributed by atoms with Crippen LogP contribution in [0, 0.1) is 6.92 Å². The van der Waals surface area contributed by atoms with Crippen LogP contribution in [0.4, 0.5) is 0 Å². The van der Waals surface area contributed by atoms with E-state index in [9.17, 15) is 24.9 Å². The van der Waals surface area contributed by atoms with Crippen molar-refractivity contribution in [3.63, 3.8) is 0 Å². The maximum atomic E-state index is 12.4. The van der Waals surface area contributed by atoms with Gasteiger partial charge in [-0.3, -0.25) is 0 Å². The molecule has 1 saturated heterocycles. The fourth-order valence-electron chi connectivity index (χ4n) is 2.96. The molecular weight excluding hydrogens is 416 g/mol. The highest BCUT2D eigenvalue weighted by Crippen LogP contribution is 2.34. The Labute approximate surface area is 177 Å². The molecule has 1 fully saturated rings. The van der Waals surface area contributed by atoms with Gasteiger partial charge in [0.15, 0.2) is 12.4 Å². The van der Waals surface area contributed by atoms with Gasteiger partial charge in [0.05, 0.1) is 17.5 Å². The number of ether oxygens (including phenoxy) is 3. The van der Waals surface area contributed by atoms with E-state index in [2.05, 4.69) is 0 Å². The molecule has 1 aliphatic heterocycles. The van der Waals surface area contributed by atoms with E-state index in [-0.39, 0.29) is 17.0 Å². The van der Waals surface area contributed by atoms with Gasteiger partial charge in [0.1, 0.15) is 0 Å². The number of aliphatic hydroxyl groups is 3. The number of aryl methyl sites for hydroxylation is 1. The Bertz CT molecular complexity index is 898. The average Bonchev–Trinajstić information content (AvgIpc) is 3.02. The molecule has 0 bridgehead atoms. The maximum Gasteiger partial charge on any atom is 0.340 e. The van der Waals surface area contributed by atoms with Crippen LogP contribution in [0.1, 0.15) is 38.3 Å². The lowest BCUT2D eigenvalue weighted by atomic mass is 10.1. The van der Waals surface area contributed by atoms with Gasteiger partial charge in [-0.25, -0.2) is 9.59 Å². The highest BCUT2D eigenvalue weighted by Gasteiger charge is 2.55. The highest BCUT2D eigenvalue weighted by molar-refractivity contribution is 6.17. The summed E-state index contributed by atoms with van der Waals surface area (Å²) in [7, 11) is 0. The van der Waals surface area contributed by atoms with E-state index in [0.29, 0.717) is 0 Å². The lowest BCUT2D eigenvalue weighted by molar-refractivity contribution is -0.257. The van der Waals surface area contributed by atoms with E-state index in [1.165, 1.54) is 24.3 Å². The molecule has 2 aromatic rings. The molecule has 30 heavy (non-hydrogen) atoms. The van der Waals surface area contributed by atoms with Crippen molar-refractivity contribution in [2.75, 3.05) is 0 Å². The van der Waals surface area contributed by atoms with Crippen molar-refractivity contribution in [1.29, 1.82) is 0 Å². The zero-order chi connectivity index (χ0) is 21.9. The van der Waals surface area contributed by atoms with E-state index >= 15 is 0 Å². The molecule has 2 aromatic carbocycles. The second kappa shape index (κ2) is 9.11. The number of benzene rings is 2. The van der Waals surface area contributed by atoms with Crippen LogP contribution in [-0.4, -0.2) is 51.7 Å². The van der Waals surface area contributed by atoms with Gasteiger partial charge in [-0.1, -0.05) is 29.8 Å². The molecule has 4 atom stereocenters. The second-order valence-electron chi connectivity index (χ2n) is 6.94. The fourth-order valence-corrected chi connectivity index (χ4v) is 3.14. The average molecular weight is 437 g/mol. The Morgan fingerprint density at radius 3 is 2.30 bits per heavy atom. The van der Waals surface area contributed by atoms with E-state index in [4.69, 9.17) is 25.8 Å². The summed E-state index contributed by atoms with van der Waals surface area (Å²) in [4.78, 5) is 24.6. The summed E-state index contributed by atoms with van der Waals surface area (Å²) in [6.45, 7) is 1.84. The van der Waals surface area contributed by atoms with Crippen molar-refractivity contribution < 1.29 is 39.1 Å². The molecule has 2 unspecified atom stereocenters. The first-order valence-corrected chi connectivity index (χ1v) is 9.65. The first kappa shape index (κ1) is 22.2. The predicted molar refractivity (Wildman–Crippen MR) is 104 cm³/mol. The summed E-state index contributed by atoms with van der Waals surface area (Å²) in [5, 5.41) is 30.8. The number of alkyl halides is 1. The molecule has 0 spiro atoms. The van der Waals surface area contributed by atoms with Gasteiger partial charge in [0, 0.05) is 5.88 Å². The number of carbonyl (C=O) groups is 2. The molecule has 8 nitrogen and oxygen atoms in total. The molecule has 0 aromatic heterocycles. The van der Waals surface area contributed by atoms with Crippen molar-refractivity contribution in [2.45, 2.75) is 43.7 Å². The monoisotopic (exact) mass is 436 g/mol. The minimum atomic E-state index is -2.41. The molecule has 9 heteroatoms. The third-order valence-corrected chi connectivity index (χ3v) is 4.91. The number of hydrogen-bond acceptors (Lipinski definition) is 8. The SMILES string of the molecule is Cc1ccc(C(=O)O[C@]2(O)CC(O)O[C@@H]2C(O)OC(=O)c2ccc(CCl)cc2)cc1. The van der Waals surface area contributed by atoms with Crippen LogP contribution >= 0.6 is 11.6 Å². The first-order valence-electron chi connectivity index (χ1n) is 9.12. The van der Waals surface area contributed by atoms with Crippen LogP contribution in [0.2, 0.25) is 0 Å². The zero-order valence-corrected chi connectivity index (χ0v) is 16.8. The van der Waals surface area contributed by atoms with E-state index in [0.717, 1.165) is 11.1 Å². The zero-order valence-electron chi connectivity index (χ0n) is 16.0. The van der Waals surface area contributed by atoms with Gasteiger partial charge in [0.25, 0.3) is 0 Å². The molecule has 0 aliphatic carbocycles. The Morgan fingerprint density at radius 1 is 1.13 bits per heavy atom. The summed E-state index contributed by atoms with van der Waals surface area (Å²) in [6.07, 6.45) is -5.80. The van der Waals surface area contributed by atoms with Crippen molar-refractivity contribution in [3.8, 4) is 0 Å². The molecule has 0 radical (unpaired) electrons.